The molecule has 6 nitrogen and oxygen atoms in total. The summed E-state index contributed by atoms with van der Waals surface area (Å²) in [5.41, 5.74) is 0.872. The molecule has 1 aromatic rings. The van der Waals surface area contributed by atoms with Crippen LogP contribution in [0.25, 0.3) is 0 Å². The molecule has 2 aliphatic heterocycles. The van der Waals surface area contributed by atoms with Gasteiger partial charge in [0.2, 0.25) is 11.8 Å². The molecule has 2 saturated heterocycles. The van der Waals surface area contributed by atoms with Gasteiger partial charge in [0.05, 0.1) is 6.42 Å². The molecule has 0 aromatic heterocycles. The Morgan fingerprint density at radius 3 is 2.54 bits per heavy atom. The molecule has 2 fully saturated rings. The van der Waals surface area contributed by atoms with Crippen molar-refractivity contribution in [2.75, 3.05) is 0 Å². The Kier molecular flexibility index (Phi) is 5.69. The summed E-state index contributed by atoms with van der Waals surface area (Å²) < 4.78 is -0.578. The number of carbonyl (C=O) groups is 3. The molecule has 2 heterocycles. The molecule has 0 aliphatic carbocycles. The number of fused-ring (bicyclic) bond motifs is 1. The number of hydrogen-bond donors (Lipinski definition) is 2. The summed E-state index contributed by atoms with van der Waals surface area (Å²) in [5.74, 6) is -1.55. The number of hydrogen-bond acceptors (Lipinski definition) is 4. The summed E-state index contributed by atoms with van der Waals surface area (Å²) >= 11 is 1.42. The second-order valence-corrected chi connectivity index (χ2v) is 8.08. The predicted molar refractivity (Wildman–Crippen MR) is 86.9 cm³/mol. The van der Waals surface area contributed by atoms with E-state index in [0.29, 0.717) is 0 Å². The van der Waals surface area contributed by atoms with E-state index in [-0.39, 0.29) is 54.6 Å². The van der Waals surface area contributed by atoms with Crippen molar-refractivity contribution in [1.82, 2.24) is 10.2 Å². The van der Waals surface area contributed by atoms with E-state index in [2.05, 4.69) is 5.32 Å². The van der Waals surface area contributed by atoms with Crippen molar-refractivity contribution in [2.24, 2.45) is 0 Å². The van der Waals surface area contributed by atoms with Crippen molar-refractivity contribution < 1.29 is 50.5 Å². The van der Waals surface area contributed by atoms with Gasteiger partial charge in [-0.25, -0.2) is 4.79 Å². The fourth-order valence-corrected chi connectivity index (χ4v) is 4.78. The molecule has 3 atom stereocenters. The predicted octanol–water partition coefficient (Wildman–Crippen LogP) is -2.02. The molecule has 124 valence electrons. The zero-order valence-corrected chi connectivity index (χ0v) is 16.7. The SMILES string of the molecule is CC1(C)S[C@@H]2[C@H](NC(=O)Cc3ccccc3)C(=O)N2[C@H]1C(=O)O.[H-].[Na+]. The topological polar surface area (TPSA) is 86.7 Å². The van der Waals surface area contributed by atoms with E-state index in [1.165, 1.54) is 16.7 Å². The van der Waals surface area contributed by atoms with Crippen LogP contribution in [0.3, 0.4) is 0 Å². The Morgan fingerprint density at radius 1 is 1.33 bits per heavy atom. The molecular weight excluding hydrogens is 339 g/mol. The molecule has 0 saturated carbocycles. The first kappa shape index (κ1) is 19.3. The molecule has 3 rings (SSSR count). The van der Waals surface area contributed by atoms with E-state index >= 15 is 0 Å². The number of carbonyl (C=O) groups excluding carboxylic acids is 2. The average molecular weight is 358 g/mol. The minimum absolute atomic E-state index is 0. The first-order chi connectivity index (χ1) is 10.8. The number of rotatable bonds is 4. The van der Waals surface area contributed by atoms with Crippen LogP contribution in [0.15, 0.2) is 30.3 Å². The van der Waals surface area contributed by atoms with Crippen molar-refractivity contribution in [3.05, 3.63) is 35.9 Å². The smallest absolute Gasteiger partial charge is 1.00 e. The summed E-state index contributed by atoms with van der Waals surface area (Å²) in [7, 11) is 0. The summed E-state index contributed by atoms with van der Waals surface area (Å²) in [6.07, 6.45) is 0.202. The standard InChI is InChI=1S/C16H18N2O4S.Na.H/c1-16(2)12(15(21)22)18-13(20)11(14(18)23-16)17-10(19)8-9-6-4-3-5-7-9;;/h3-7,11-12,14H,8H2,1-2H3,(H,17,19)(H,21,22);;/q;+1;-1/t11-,12+,14-;;/m1../s1. The Balaban J connectivity index is 0.00000156. The molecule has 1 aromatic carbocycles. The fourth-order valence-electron chi connectivity index (χ4n) is 3.15. The average Bonchev–Trinajstić information content (AvgIpc) is 2.74. The molecular formula is C16H19N2NaO4S. The Bertz CT molecular complexity index is 673. The van der Waals surface area contributed by atoms with Gasteiger partial charge in [0, 0.05) is 4.75 Å². The van der Waals surface area contributed by atoms with E-state index in [0.717, 1.165) is 5.56 Å². The Labute approximate surface area is 168 Å². The number of benzene rings is 1. The van der Waals surface area contributed by atoms with Crippen molar-refractivity contribution in [1.29, 1.82) is 0 Å². The van der Waals surface area contributed by atoms with Crippen LogP contribution in [-0.4, -0.2) is 50.0 Å². The summed E-state index contributed by atoms with van der Waals surface area (Å²) in [6, 6.07) is 7.78. The van der Waals surface area contributed by atoms with Gasteiger partial charge in [-0.15, -0.1) is 11.8 Å². The molecule has 0 radical (unpaired) electrons. The number of nitrogens with zero attached hydrogens (tertiary/aromatic N) is 1. The third kappa shape index (κ3) is 3.35. The number of thioether (sulfide) groups is 1. The number of aliphatic carboxylic acids is 1. The van der Waals surface area contributed by atoms with Gasteiger partial charge < -0.3 is 16.7 Å². The number of carboxylic acids is 1. The van der Waals surface area contributed by atoms with Gasteiger partial charge in [-0.1, -0.05) is 30.3 Å². The van der Waals surface area contributed by atoms with Gasteiger partial charge in [0.25, 0.3) is 0 Å². The minimum Gasteiger partial charge on any atom is -1.00 e. The normalized spacial score (nSPS) is 26.8. The number of β-lactam (4-membered cyclic amide) rings is 1. The molecule has 2 amide bonds. The van der Waals surface area contributed by atoms with Crippen molar-refractivity contribution >= 4 is 29.5 Å². The third-order valence-corrected chi connectivity index (χ3v) is 5.77. The molecule has 2 N–H and O–H groups in total. The van der Waals surface area contributed by atoms with Gasteiger partial charge in [0.1, 0.15) is 17.5 Å². The van der Waals surface area contributed by atoms with Crippen LogP contribution in [0.4, 0.5) is 0 Å². The van der Waals surface area contributed by atoms with Crippen LogP contribution in [0.5, 0.6) is 0 Å². The largest absolute Gasteiger partial charge is 1.00 e. The van der Waals surface area contributed by atoms with Gasteiger partial charge >= 0.3 is 35.5 Å². The maximum Gasteiger partial charge on any atom is 1.00 e. The first-order valence-corrected chi connectivity index (χ1v) is 8.25. The van der Waals surface area contributed by atoms with Crippen LogP contribution >= 0.6 is 11.8 Å². The van der Waals surface area contributed by atoms with Crippen LogP contribution in [0.2, 0.25) is 0 Å². The summed E-state index contributed by atoms with van der Waals surface area (Å²) in [6.45, 7) is 3.62. The van der Waals surface area contributed by atoms with Crippen LogP contribution in [-0.2, 0) is 20.8 Å². The molecule has 2 aliphatic rings. The van der Waals surface area contributed by atoms with E-state index in [9.17, 15) is 19.5 Å². The van der Waals surface area contributed by atoms with E-state index in [1.54, 1.807) is 0 Å². The van der Waals surface area contributed by atoms with Crippen molar-refractivity contribution in [3.63, 3.8) is 0 Å². The van der Waals surface area contributed by atoms with E-state index in [4.69, 9.17) is 0 Å². The maximum absolute atomic E-state index is 12.3. The summed E-state index contributed by atoms with van der Waals surface area (Å²) in [4.78, 5) is 37.2. The van der Waals surface area contributed by atoms with Gasteiger partial charge in [-0.05, 0) is 19.4 Å². The monoisotopic (exact) mass is 358 g/mol. The zero-order chi connectivity index (χ0) is 16.8. The number of carboxylic acid groups (broad SMARTS) is 1. The summed E-state index contributed by atoms with van der Waals surface area (Å²) in [5, 5.41) is 11.8. The second-order valence-electron chi connectivity index (χ2n) is 6.31. The first-order valence-electron chi connectivity index (χ1n) is 7.37. The molecule has 0 spiro atoms. The van der Waals surface area contributed by atoms with Gasteiger partial charge in [0.15, 0.2) is 0 Å². The van der Waals surface area contributed by atoms with Gasteiger partial charge in [-0.3, -0.25) is 9.59 Å². The quantitative estimate of drug-likeness (QED) is 0.479. The fraction of sp³-hybridized carbons (Fsp3) is 0.438. The molecule has 0 unspecified atom stereocenters. The molecule has 24 heavy (non-hydrogen) atoms. The molecule has 8 heteroatoms. The zero-order valence-electron chi connectivity index (χ0n) is 14.9. The number of nitrogens with one attached hydrogen (secondary N) is 1. The van der Waals surface area contributed by atoms with Crippen molar-refractivity contribution in [3.8, 4) is 0 Å². The van der Waals surface area contributed by atoms with Crippen LogP contribution in [0.1, 0.15) is 20.8 Å². The van der Waals surface area contributed by atoms with Crippen LogP contribution in [0, 0.1) is 0 Å². The number of amides is 2. The maximum atomic E-state index is 12.3. The Morgan fingerprint density at radius 2 is 1.96 bits per heavy atom. The second kappa shape index (κ2) is 7.07. The van der Waals surface area contributed by atoms with E-state index < -0.39 is 22.8 Å². The molecule has 0 bridgehead atoms. The van der Waals surface area contributed by atoms with Gasteiger partial charge in [-0.2, -0.15) is 0 Å². The Hall–Kier alpha value is -1.02. The minimum atomic E-state index is -1.01. The van der Waals surface area contributed by atoms with E-state index in [1.807, 2.05) is 44.2 Å². The van der Waals surface area contributed by atoms with Crippen LogP contribution < -0.4 is 34.9 Å². The van der Waals surface area contributed by atoms with Crippen molar-refractivity contribution in [2.45, 2.75) is 42.5 Å². The third-order valence-electron chi connectivity index (χ3n) is 4.20.